The van der Waals surface area contributed by atoms with Gasteiger partial charge in [0.25, 0.3) is 0 Å². The van der Waals surface area contributed by atoms with Crippen LogP contribution >= 0.6 is 0 Å². The molecule has 2 nitrogen and oxygen atoms in total. The van der Waals surface area contributed by atoms with E-state index in [4.69, 9.17) is 0 Å². The van der Waals surface area contributed by atoms with Crippen molar-refractivity contribution in [1.82, 2.24) is 10.2 Å². The zero-order chi connectivity index (χ0) is 12.5. The van der Waals surface area contributed by atoms with Crippen molar-refractivity contribution in [2.45, 2.75) is 44.8 Å². The summed E-state index contributed by atoms with van der Waals surface area (Å²) in [5.41, 5.74) is 2.35. The first kappa shape index (κ1) is 12.1. The van der Waals surface area contributed by atoms with E-state index in [0.717, 1.165) is 31.2 Å². The molecule has 0 bridgehead atoms. The number of aryl methyl sites for hydroxylation is 1. The van der Waals surface area contributed by atoms with E-state index in [-0.39, 0.29) is 5.82 Å². The first-order valence-electron chi connectivity index (χ1n) is 6.95. The number of nitrogens with zero attached hydrogens (tertiary/aromatic N) is 1. The van der Waals surface area contributed by atoms with Gasteiger partial charge in [-0.3, -0.25) is 4.90 Å². The molecule has 1 aromatic rings. The molecule has 1 heterocycles. The lowest BCUT2D eigenvalue weighted by Gasteiger charge is -2.29. The fourth-order valence-corrected chi connectivity index (χ4v) is 2.89. The van der Waals surface area contributed by atoms with Crippen molar-refractivity contribution in [2.24, 2.45) is 0 Å². The number of hydrogen-bond donors (Lipinski definition) is 1. The van der Waals surface area contributed by atoms with E-state index >= 15 is 0 Å². The van der Waals surface area contributed by atoms with E-state index in [2.05, 4.69) is 17.1 Å². The molecule has 0 spiro atoms. The van der Waals surface area contributed by atoms with Gasteiger partial charge in [0.2, 0.25) is 0 Å². The van der Waals surface area contributed by atoms with Crippen LogP contribution in [0.25, 0.3) is 0 Å². The van der Waals surface area contributed by atoms with Gasteiger partial charge < -0.3 is 5.32 Å². The molecule has 1 aromatic carbocycles. The molecule has 2 aliphatic rings. The van der Waals surface area contributed by atoms with Crippen molar-refractivity contribution >= 4 is 0 Å². The normalized spacial score (nSPS) is 23.8. The van der Waals surface area contributed by atoms with E-state index in [1.54, 1.807) is 12.1 Å². The van der Waals surface area contributed by atoms with Gasteiger partial charge in [-0.05, 0) is 56.0 Å². The first-order chi connectivity index (χ1) is 8.74. The Morgan fingerprint density at radius 3 is 2.78 bits per heavy atom. The van der Waals surface area contributed by atoms with Gasteiger partial charge in [-0.25, -0.2) is 4.39 Å². The van der Waals surface area contributed by atoms with Crippen molar-refractivity contribution in [3.8, 4) is 0 Å². The highest BCUT2D eigenvalue weighted by atomic mass is 19.1. The number of hydrogen-bond acceptors (Lipinski definition) is 2. The van der Waals surface area contributed by atoms with E-state index in [0.29, 0.717) is 6.04 Å². The average molecular weight is 248 g/mol. The third-order valence-corrected chi connectivity index (χ3v) is 4.18. The summed E-state index contributed by atoms with van der Waals surface area (Å²) < 4.78 is 13.4. The standard InChI is InChI=1S/C15H21FN2/c1-11-2-3-13(16)8-12(11)10-18(14-4-5-14)15-6-7-17-9-15/h2-3,8,14-15,17H,4-7,9-10H2,1H3. The predicted molar refractivity (Wildman–Crippen MR) is 71.0 cm³/mol. The lowest BCUT2D eigenvalue weighted by Crippen LogP contribution is -2.38. The summed E-state index contributed by atoms with van der Waals surface area (Å²) in [6.07, 6.45) is 3.85. The average Bonchev–Trinajstić information content (AvgIpc) is 3.05. The molecule has 98 valence electrons. The lowest BCUT2D eigenvalue weighted by molar-refractivity contribution is 0.188. The van der Waals surface area contributed by atoms with Gasteiger partial charge in [-0.1, -0.05) is 6.07 Å². The summed E-state index contributed by atoms with van der Waals surface area (Å²) in [4.78, 5) is 2.59. The fraction of sp³-hybridized carbons (Fsp3) is 0.600. The second-order valence-corrected chi connectivity index (χ2v) is 5.62. The van der Waals surface area contributed by atoms with Crippen LogP contribution in [0.2, 0.25) is 0 Å². The topological polar surface area (TPSA) is 15.3 Å². The molecule has 1 unspecified atom stereocenters. The molecule has 1 aliphatic carbocycles. The van der Waals surface area contributed by atoms with Crippen LogP contribution in [0.4, 0.5) is 4.39 Å². The highest BCUT2D eigenvalue weighted by Gasteiger charge is 2.35. The monoisotopic (exact) mass is 248 g/mol. The lowest BCUT2D eigenvalue weighted by atomic mass is 10.1. The maximum Gasteiger partial charge on any atom is 0.123 e. The van der Waals surface area contributed by atoms with Crippen molar-refractivity contribution in [3.05, 3.63) is 35.1 Å². The maximum atomic E-state index is 13.4. The Labute approximate surface area is 108 Å². The molecule has 18 heavy (non-hydrogen) atoms. The first-order valence-corrected chi connectivity index (χ1v) is 6.95. The SMILES string of the molecule is Cc1ccc(F)cc1CN(C1CC1)C1CCNC1. The minimum atomic E-state index is -0.115. The van der Waals surface area contributed by atoms with Gasteiger partial charge in [-0.15, -0.1) is 0 Å². The molecule has 0 aromatic heterocycles. The van der Waals surface area contributed by atoms with E-state index < -0.39 is 0 Å². The number of nitrogens with one attached hydrogen (secondary N) is 1. The molecule has 1 saturated carbocycles. The van der Waals surface area contributed by atoms with E-state index in [1.165, 1.54) is 24.8 Å². The Bertz CT molecular complexity index is 423. The van der Waals surface area contributed by atoms with Gasteiger partial charge >= 0.3 is 0 Å². The summed E-state index contributed by atoms with van der Waals surface area (Å²) in [7, 11) is 0. The zero-order valence-electron chi connectivity index (χ0n) is 11.0. The van der Waals surface area contributed by atoms with Crippen LogP contribution in [-0.4, -0.2) is 30.1 Å². The number of benzene rings is 1. The number of rotatable bonds is 4. The van der Waals surface area contributed by atoms with Crippen molar-refractivity contribution in [2.75, 3.05) is 13.1 Å². The van der Waals surface area contributed by atoms with Gasteiger partial charge in [0.05, 0.1) is 0 Å². The van der Waals surface area contributed by atoms with Crippen LogP contribution in [0, 0.1) is 12.7 Å². The smallest absolute Gasteiger partial charge is 0.123 e. The van der Waals surface area contributed by atoms with Gasteiger partial charge in [0.1, 0.15) is 5.82 Å². The third-order valence-electron chi connectivity index (χ3n) is 4.18. The molecular formula is C15H21FN2. The summed E-state index contributed by atoms with van der Waals surface area (Å²) >= 11 is 0. The predicted octanol–water partition coefficient (Wildman–Crippen LogP) is 2.46. The van der Waals surface area contributed by atoms with Gasteiger partial charge in [-0.2, -0.15) is 0 Å². The Kier molecular flexibility index (Phi) is 3.35. The zero-order valence-corrected chi connectivity index (χ0v) is 11.0. The Balaban J connectivity index is 1.77. The minimum absolute atomic E-state index is 0.115. The molecular weight excluding hydrogens is 227 g/mol. The minimum Gasteiger partial charge on any atom is -0.315 e. The molecule has 1 aliphatic heterocycles. The highest BCUT2D eigenvalue weighted by molar-refractivity contribution is 5.26. The van der Waals surface area contributed by atoms with Crippen LogP contribution in [0.3, 0.4) is 0 Å². The summed E-state index contributed by atoms with van der Waals surface area (Å²) in [6.45, 7) is 5.19. The van der Waals surface area contributed by atoms with Crippen molar-refractivity contribution in [1.29, 1.82) is 0 Å². The second kappa shape index (κ2) is 4.98. The van der Waals surface area contributed by atoms with Crippen molar-refractivity contribution < 1.29 is 4.39 Å². The largest absolute Gasteiger partial charge is 0.315 e. The van der Waals surface area contributed by atoms with E-state index in [1.807, 2.05) is 6.07 Å². The molecule has 3 rings (SSSR count). The van der Waals surface area contributed by atoms with Crippen LogP contribution in [-0.2, 0) is 6.54 Å². The molecule has 0 radical (unpaired) electrons. The molecule has 1 saturated heterocycles. The Morgan fingerprint density at radius 1 is 1.28 bits per heavy atom. The summed E-state index contributed by atoms with van der Waals surface area (Å²) in [5, 5.41) is 3.43. The van der Waals surface area contributed by atoms with Crippen LogP contribution in [0.1, 0.15) is 30.4 Å². The molecule has 1 atom stereocenters. The molecule has 2 fully saturated rings. The van der Waals surface area contributed by atoms with Crippen LogP contribution < -0.4 is 5.32 Å². The summed E-state index contributed by atoms with van der Waals surface area (Å²) in [5.74, 6) is -0.115. The molecule has 0 amide bonds. The van der Waals surface area contributed by atoms with E-state index in [9.17, 15) is 4.39 Å². The Hall–Kier alpha value is -0.930. The van der Waals surface area contributed by atoms with Crippen LogP contribution in [0.15, 0.2) is 18.2 Å². The maximum absolute atomic E-state index is 13.4. The molecule has 1 N–H and O–H groups in total. The fourth-order valence-electron chi connectivity index (χ4n) is 2.89. The summed E-state index contributed by atoms with van der Waals surface area (Å²) in [6, 6.07) is 6.52. The highest BCUT2D eigenvalue weighted by Crippen LogP contribution is 2.32. The van der Waals surface area contributed by atoms with Gasteiger partial charge in [0.15, 0.2) is 0 Å². The van der Waals surface area contributed by atoms with Crippen LogP contribution in [0.5, 0.6) is 0 Å². The third kappa shape index (κ3) is 2.57. The van der Waals surface area contributed by atoms with Gasteiger partial charge in [0, 0.05) is 25.2 Å². The molecule has 3 heteroatoms. The Morgan fingerprint density at radius 2 is 2.11 bits per heavy atom. The van der Waals surface area contributed by atoms with Crippen molar-refractivity contribution in [3.63, 3.8) is 0 Å². The number of halogens is 1. The second-order valence-electron chi connectivity index (χ2n) is 5.62. The quantitative estimate of drug-likeness (QED) is 0.880.